The van der Waals surface area contributed by atoms with Gasteiger partial charge in [0.25, 0.3) is 8.53 Å². The van der Waals surface area contributed by atoms with Crippen molar-refractivity contribution in [3.63, 3.8) is 0 Å². The number of ketones is 1. The van der Waals surface area contributed by atoms with E-state index in [4.69, 9.17) is 74.1 Å². The zero-order valence-electron chi connectivity index (χ0n) is 47.2. The molecule has 0 aromatic carbocycles. The molecule has 0 saturated carbocycles. The maximum Gasteiger partial charge on any atom is 0.308 e. The number of nitriles is 1. The van der Waals surface area contributed by atoms with Crippen LogP contribution in [0.4, 0.5) is 0 Å². The molecule has 2 aliphatic rings. The van der Waals surface area contributed by atoms with Crippen molar-refractivity contribution in [2.75, 3.05) is 40.7 Å². The lowest BCUT2D eigenvalue weighted by Gasteiger charge is -2.38. The van der Waals surface area contributed by atoms with E-state index in [0.29, 0.717) is 12.0 Å². The molecule has 0 bridgehead atoms. The molecule has 2 aliphatic heterocycles. The van der Waals surface area contributed by atoms with E-state index in [2.05, 4.69) is 35.7 Å². The highest BCUT2D eigenvalue weighted by atomic mass is 33.1. The number of rotatable bonds is 22. The molecular formula is C43H91B2N3O13P2S2. The number of ether oxygens (including phenoxy) is 5. The number of Topliss-reactive ketones (excluding diaryl/α,β-unsaturated/α-hetero) is 1. The van der Waals surface area contributed by atoms with Crippen LogP contribution < -0.4 is 5.73 Å². The summed E-state index contributed by atoms with van der Waals surface area (Å²) in [6, 6.07) is 1.11. The molecule has 2 fully saturated rings. The van der Waals surface area contributed by atoms with Crippen LogP contribution in [0.1, 0.15) is 147 Å². The molecule has 4 unspecified atom stereocenters. The highest BCUT2D eigenvalue weighted by molar-refractivity contribution is 8.77. The van der Waals surface area contributed by atoms with E-state index in [1.807, 2.05) is 89.2 Å². The number of carbonyl (C=O) groups is 2. The summed E-state index contributed by atoms with van der Waals surface area (Å²) in [6.07, 6.45) is -3.02. The number of aliphatic hydroxyl groups excluding tert-OH is 2. The number of aliphatic hydroxyl groups is 2. The van der Waals surface area contributed by atoms with E-state index in [-0.39, 0.29) is 93.0 Å². The van der Waals surface area contributed by atoms with Crippen molar-refractivity contribution in [3.05, 3.63) is 0 Å². The molecule has 4 radical (unpaired) electrons. The number of esters is 1. The van der Waals surface area contributed by atoms with E-state index in [1.165, 1.54) is 21.1 Å². The van der Waals surface area contributed by atoms with Gasteiger partial charge in [0.1, 0.15) is 51.8 Å². The zero-order valence-corrected chi connectivity index (χ0v) is 46.7. The summed E-state index contributed by atoms with van der Waals surface area (Å²) in [7, 11) is 17.1. The Morgan fingerprint density at radius 2 is 1.37 bits per heavy atom. The van der Waals surface area contributed by atoms with E-state index in [1.54, 1.807) is 28.7 Å². The first-order valence-electron chi connectivity index (χ1n) is 24.2. The van der Waals surface area contributed by atoms with Gasteiger partial charge in [0.05, 0.1) is 37.7 Å². The summed E-state index contributed by atoms with van der Waals surface area (Å²) in [5.41, 5.74) is 5.37. The van der Waals surface area contributed by atoms with Gasteiger partial charge in [-0.15, -0.1) is 0 Å². The lowest BCUT2D eigenvalue weighted by atomic mass is 9.93. The molecule has 0 aromatic rings. The van der Waals surface area contributed by atoms with Gasteiger partial charge in [0, 0.05) is 65.0 Å². The second-order valence-corrected chi connectivity index (χ2v) is 22.0. The number of hydrogen-bond acceptors (Lipinski definition) is 18. The summed E-state index contributed by atoms with van der Waals surface area (Å²) in [5, 5.41) is 15.9. The highest BCUT2D eigenvalue weighted by Gasteiger charge is 2.45. The van der Waals surface area contributed by atoms with Gasteiger partial charge in [-0.2, -0.15) is 5.26 Å². The zero-order chi connectivity index (χ0) is 54.9. The van der Waals surface area contributed by atoms with Gasteiger partial charge in [-0.3, -0.25) is 4.79 Å². The van der Waals surface area contributed by atoms with Gasteiger partial charge in [-0.25, -0.2) is 4.67 Å². The minimum absolute atomic E-state index is 0.0308. The Balaban J connectivity index is -0.000000320. The number of nitrogens with zero attached hydrogens (tertiary/aromatic N) is 2. The van der Waals surface area contributed by atoms with Crippen LogP contribution in [0.5, 0.6) is 0 Å². The molecule has 0 amide bonds. The van der Waals surface area contributed by atoms with Crippen LogP contribution in [0.2, 0.25) is 0 Å². The van der Waals surface area contributed by atoms with Crippen LogP contribution in [0, 0.1) is 11.3 Å². The maximum absolute atomic E-state index is 11.7. The molecular weight excluding hydrogens is 914 g/mol. The fraction of sp³-hybridized carbons (Fsp3) is 0.930. The van der Waals surface area contributed by atoms with E-state index >= 15 is 0 Å². The number of carbonyl (C=O) groups excluding carboxylic acids is 2. The second-order valence-electron chi connectivity index (χ2n) is 15.3. The standard InChI is InChI=1S/C20H34BN2O7P.C14H28BO4PS2.C3H9N.2C2H6.2CH4O/c1-13(2)23(14(3)4)31(28-11-7-10-22)30-18-16(6)29-20(21)19(18)27-12-26-17(25)9-8-15(5)24;1-9(2)20(16-7)19-11-10(3)18-13(15)12(11)17-8-21-22-14(4,5)6;1-3(2)4;4*1-2/h13-14,16,18-20H,7-9,11-12H2,1-6H3;9-13H,8H2,1-7H3;3H,4H2,1-2H3;2*1-2H3;2*2H,1H3/t16-,18?,19+,20-,31?;10-,11?,12+,13-,20?;;;;;/m11...../s1/i6D;3D;;;;2*2T. The second kappa shape index (κ2) is 45.0. The Hall–Kier alpha value is -0.160. The summed E-state index contributed by atoms with van der Waals surface area (Å²) in [4.78, 5) is 22.7. The van der Waals surface area contributed by atoms with E-state index in [9.17, 15) is 9.59 Å². The van der Waals surface area contributed by atoms with Gasteiger partial charge < -0.3 is 62.5 Å². The lowest BCUT2D eigenvalue weighted by Crippen LogP contribution is -2.40. The Bertz CT molecular complexity index is 1240. The summed E-state index contributed by atoms with van der Waals surface area (Å²) in [5.74, 6) is -0.165. The van der Waals surface area contributed by atoms with Gasteiger partial charge in [-0.1, -0.05) is 97.7 Å². The smallest absolute Gasteiger partial charge is 0.308 e. The van der Waals surface area contributed by atoms with Crippen molar-refractivity contribution in [2.24, 2.45) is 5.73 Å². The van der Waals surface area contributed by atoms with Crippen LogP contribution >= 0.6 is 38.5 Å². The Kier molecular flexibility index (Phi) is 44.9. The topological polar surface area (TPSA) is 211 Å². The molecule has 0 aromatic heterocycles. The third-order valence-corrected chi connectivity index (χ3v) is 13.9. The molecule has 10 atom stereocenters. The molecule has 4 N–H and O–H groups in total. The fourth-order valence-corrected chi connectivity index (χ4v) is 9.88. The van der Waals surface area contributed by atoms with Crippen molar-refractivity contribution >= 4 is 65.9 Å². The van der Waals surface area contributed by atoms with Crippen LogP contribution in [0.3, 0.4) is 0 Å². The third-order valence-electron chi connectivity index (χ3n) is 7.17. The summed E-state index contributed by atoms with van der Waals surface area (Å²) in [6.45, 7) is 31.7. The molecule has 0 aliphatic carbocycles. The normalized spacial score (nSPS) is 23.9. The summed E-state index contributed by atoms with van der Waals surface area (Å²) >= 11 is 0. The Morgan fingerprint density at radius 1 is 0.908 bits per heavy atom. The molecule has 16 nitrogen and oxygen atoms in total. The van der Waals surface area contributed by atoms with Gasteiger partial charge >= 0.3 is 5.97 Å². The molecule has 0 spiro atoms. The molecule has 22 heteroatoms. The molecule has 384 valence electrons. The minimum atomic E-state index is -1.61. The van der Waals surface area contributed by atoms with Crippen molar-refractivity contribution in [1.82, 2.24) is 4.67 Å². The number of nitrogens with two attached hydrogens (primary N) is 1. The van der Waals surface area contributed by atoms with Gasteiger partial charge in [0.15, 0.2) is 15.2 Å². The van der Waals surface area contributed by atoms with Crippen LogP contribution in [0.15, 0.2) is 0 Å². The number of hydrogen-bond donors (Lipinski definition) is 3. The van der Waals surface area contributed by atoms with E-state index < -0.39 is 53.2 Å². The van der Waals surface area contributed by atoms with Crippen molar-refractivity contribution in [3.8, 4) is 6.07 Å². The predicted molar refractivity (Wildman–Crippen MR) is 273 cm³/mol. The first-order valence-corrected chi connectivity index (χ1v) is 26.7. The lowest BCUT2D eigenvalue weighted by molar-refractivity contribution is -0.165. The monoisotopic (exact) mass is 1010 g/mol. The SMILES string of the molecule is CC.CC.CC(C)N.[2H]C[C@H]1O[C@@H]([B])[C@@H](OCOC(=O)CCC(C)=O)C1OP(OCCC#N)N(C(C)C)C(C)C.[2H]C[C@H]1O[C@@H]([B])[C@@H](OCSSC(C)(C)C)C1OP(OC)C(C)C.[3H]OC.[3H]OC. The fourth-order valence-electron chi connectivity index (χ4n) is 4.88. The molecule has 2 heterocycles. The predicted octanol–water partition coefficient (Wildman–Crippen LogP) is 8.61. The van der Waals surface area contributed by atoms with E-state index in [0.717, 1.165) is 0 Å². The van der Waals surface area contributed by atoms with Gasteiger partial charge in [0.2, 0.25) is 2.86 Å². The molecule has 2 saturated heterocycles. The van der Waals surface area contributed by atoms with Crippen LogP contribution in [0.25, 0.3) is 0 Å². The minimum Gasteiger partial charge on any atom is -0.438 e. The molecule has 65 heavy (non-hydrogen) atoms. The average Bonchev–Trinajstić information content (AvgIpc) is 3.74. The summed E-state index contributed by atoms with van der Waals surface area (Å²) < 4.78 is 80.7. The maximum atomic E-state index is 11.7. The van der Waals surface area contributed by atoms with Crippen molar-refractivity contribution in [1.29, 1.82) is 8.12 Å². The van der Waals surface area contributed by atoms with Crippen molar-refractivity contribution in [2.45, 2.75) is 221 Å². The third kappa shape index (κ3) is 36.5. The largest absolute Gasteiger partial charge is 0.438 e. The first-order chi connectivity index (χ1) is 32.4. The Labute approximate surface area is 415 Å². The molecule has 2 rings (SSSR count). The van der Waals surface area contributed by atoms with Crippen molar-refractivity contribution < 1.29 is 64.3 Å². The first kappa shape index (κ1) is 64.8. The van der Waals surface area contributed by atoms with Crippen LogP contribution in [-0.2, 0) is 51.4 Å². The van der Waals surface area contributed by atoms with Crippen LogP contribution in [-0.4, -0.2) is 163 Å². The average molecular weight is 1010 g/mol. The highest BCUT2D eigenvalue weighted by Crippen LogP contribution is 2.50. The Morgan fingerprint density at radius 3 is 1.75 bits per heavy atom. The quantitative estimate of drug-likeness (QED) is 0.0231. The van der Waals surface area contributed by atoms with Gasteiger partial charge in [-0.05, 0) is 54.5 Å².